The summed E-state index contributed by atoms with van der Waals surface area (Å²) in [6.07, 6.45) is 6.11. The highest BCUT2D eigenvalue weighted by Gasteiger charge is 2.10. The zero-order chi connectivity index (χ0) is 17.1. The SMILES string of the molecule is CCNC(=NCc1cn2ccsc2n1)N(C)Cc1cc(Br)cn1C.I. The van der Waals surface area contributed by atoms with E-state index >= 15 is 0 Å². The van der Waals surface area contributed by atoms with Crippen LogP contribution in [-0.4, -0.2) is 38.4 Å². The number of thiazole rings is 1. The van der Waals surface area contributed by atoms with Crippen LogP contribution in [0.2, 0.25) is 0 Å². The van der Waals surface area contributed by atoms with E-state index in [9.17, 15) is 0 Å². The molecular formula is C16H22BrIN6S. The third-order valence-electron chi connectivity index (χ3n) is 3.70. The minimum Gasteiger partial charge on any atom is -0.357 e. The molecule has 0 aliphatic carbocycles. The van der Waals surface area contributed by atoms with Gasteiger partial charge in [0.15, 0.2) is 10.9 Å². The van der Waals surface area contributed by atoms with E-state index in [1.807, 2.05) is 29.2 Å². The van der Waals surface area contributed by atoms with Crippen LogP contribution in [0.5, 0.6) is 0 Å². The van der Waals surface area contributed by atoms with Crippen LogP contribution in [0.15, 0.2) is 39.5 Å². The molecule has 3 heterocycles. The first-order valence-electron chi connectivity index (χ1n) is 7.78. The number of fused-ring (bicyclic) bond motifs is 1. The Bertz CT molecular complexity index is 823. The van der Waals surface area contributed by atoms with Gasteiger partial charge in [-0.3, -0.25) is 4.40 Å². The van der Waals surface area contributed by atoms with Crippen molar-refractivity contribution in [1.29, 1.82) is 0 Å². The van der Waals surface area contributed by atoms with Crippen LogP contribution in [0.4, 0.5) is 0 Å². The number of aliphatic imine (C=N–C) groups is 1. The molecule has 0 saturated carbocycles. The lowest BCUT2D eigenvalue weighted by Crippen LogP contribution is -2.38. The Hall–Kier alpha value is -1.07. The first-order chi connectivity index (χ1) is 11.6. The van der Waals surface area contributed by atoms with Gasteiger partial charge in [0.1, 0.15) is 0 Å². The van der Waals surface area contributed by atoms with Crippen LogP contribution >= 0.6 is 51.2 Å². The largest absolute Gasteiger partial charge is 0.357 e. The molecular weight excluding hydrogens is 515 g/mol. The second kappa shape index (κ2) is 9.04. The van der Waals surface area contributed by atoms with Crippen LogP contribution in [0, 0.1) is 0 Å². The number of nitrogens with zero attached hydrogens (tertiary/aromatic N) is 5. The fraction of sp³-hybridized carbons (Fsp3) is 0.375. The molecule has 0 aliphatic rings. The molecule has 3 aromatic heterocycles. The van der Waals surface area contributed by atoms with Crippen molar-refractivity contribution in [3.8, 4) is 0 Å². The molecule has 0 radical (unpaired) electrons. The zero-order valence-electron chi connectivity index (χ0n) is 14.4. The molecule has 0 aliphatic heterocycles. The predicted octanol–water partition coefficient (Wildman–Crippen LogP) is 3.71. The highest BCUT2D eigenvalue weighted by atomic mass is 127. The van der Waals surface area contributed by atoms with Gasteiger partial charge in [-0.05, 0) is 28.9 Å². The Labute approximate surface area is 177 Å². The number of aryl methyl sites for hydroxylation is 1. The first-order valence-corrected chi connectivity index (χ1v) is 9.45. The third-order valence-corrected chi connectivity index (χ3v) is 4.91. The Morgan fingerprint density at radius 2 is 2.24 bits per heavy atom. The molecule has 0 aromatic carbocycles. The molecule has 9 heteroatoms. The standard InChI is InChI=1S/C16H21BrN6S.HI/c1-4-18-15(22(3)11-14-7-12(17)9-21(14)2)19-8-13-10-23-5-6-24-16(23)20-13;/h5-7,9-10H,4,8,11H2,1-3H3,(H,18,19);1H. The van der Waals surface area contributed by atoms with Gasteiger partial charge in [-0.25, -0.2) is 9.98 Å². The summed E-state index contributed by atoms with van der Waals surface area (Å²) < 4.78 is 5.25. The molecule has 6 nitrogen and oxygen atoms in total. The molecule has 136 valence electrons. The van der Waals surface area contributed by atoms with Gasteiger partial charge in [-0.1, -0.05) is 0 Å². The monoisotopic (exact) mass is 536 g/mol. The summed E-state index contributed by atoms with van der Waals surface area (Å²) in [7, 11) is 4.10. The van der Waals surface area contributed by atoms with Crippen molar-refractivity contribution >= 4 is 62.2 Å². The number of aromatic nitrogens is 3. The number of hydrogen-bond donors (Lipinski definition) is 1. The van der Waals surface area contributed by atoms with E-state index in [4.69, 9.17) is 4.99 Å². The molecule has 0 amide bonds. The van der Waals surface area contributed by atoms with Crippen molar-refractivity contribution in [2.45, 2.75) is 20.0 Å². The van der Waals surface area contributed by atoms with Gasteiger partial charge in [0.05, 0.1) is 18.8 Å². The number of nitrogens with one attached hydrogen (secondary N) is 1. The van der Waals surface area contributed by atoms with E-state index in [0.29, 0.717) is 6.54 Å². The average Bonchev–Trinajstić information content (AvgIpc) is 3.18. The highest BCUT2D eigenvalue weighted by Crippen LogP contribution is 2.15. The molecule has 0 fully saturated rings. The summed E-state index contributed by atoms with van der Waals surface area (Å²) in [6, 6.07) is 2.13. The van der Waals surface area contributed by atoms with Crippen molar-refractivity contribution in [1.82, 2.24) is 24.2 Å². The first kappa shape index (κ1) is 20.2. The lowest BCUT2D eigenvalue weighted by atomic mass is 10.4. The summed E-state index contributed by atoms with van der Waals surface area (Å²) in [6.45, 7) is 4.26. The van der Waals surface area contributed by atoms with E-state index in [1.54, 1.807) is 11.3 Å². The molecule has 3 rings (SSSR count). The van der Waals surface area contributed by atoms with Crippen LogP contribution in [0.3, 0.4) is 0 Å². The highest BCUT2D eigenvalue weighted by molar-refractivity contribution is 14.0. The Morgan fingerprint density at radius 3 is 2.88 bits per heavy atom. The summed E-state index contributed by atoms with van der Waals surface area (Å²) in [5.41, 5.74) is 2.20. The Morgan fingerprint density at radius 1 is 1.44 bits per heavy atom. The second-order valence-electron chi connectivity index (χ2n) is 5.61. The van der Waals surface area contributed by atoms with Crippen molar-refractivity contribution in [3.05, 3.63) is 45.9 Å². The van der Waals surface area contributed by atoms with E-state index < -0.39 is 0 Å². The number of guanidine groups is 1. The van der Waals surface area contributed by atoms with Gasteiger partial charge in [0, 0.05) is 54.8 Å². The number of imidazole rings is 1. The molecule has 0 atom stereocenters. The number of rotatable bonds is 5. The average molecular weight is 537 g/mol. The Balaban J connectivity index is 0.00000225. The number of halogens is 2. The minimum absolute atomic E-state index is 0. The van der Waals surface area contributed by atoms with E-state index in [2.05, 4.69) is 61.9 Å². The summed E-state index contributed by atoms with van der Waals surface area (Å²) >= 11 is 5.15. The smallest absolute Gasteiger partial charge is 0.194 e. The van der Waals surface area contributed by atoms with Crippen LogP contribution in [-0.2, 0) is 20.1 Å². The van der Waals surface area contributed by atoms with Crippen molar-refractivity contribution in [2.75, 3.05) is 13.6 Å². The van der Waals surface area contributed by atoms with Gasteiger partial charge in [-0.15, -0.1) is 35.3 Å². The zero-order valence-corrected chi connectivity index (χ0v) is 19.2. The Kier molecular flexibility index (Phi) is 7.32. The fourth-order valence-corrected chi connectivity index (χ4v) is 3.81. The maximum absolute atomic E-state index is 4.73. The maximum Gasteiger partial charge on any atom is 0.194 e. The quantitative estimate of drug-likeness (QED) is 0.307. The topological polar surface area (TPSA) is 49.9 Å². The predicted molar refractivity (Wildman–Crippen MR) is 118 cm³/mol. The molecule has 3 aromatic rings. The van der Waals surface area contributed by atoms with Crippen LogP contribution < -0.4 is 5.32 Å². The van der Waals surface area contributed by atoms with Crippen molar-refractivity contribution in [3.63, 3.8) is 0 Å². The lowest BCUT2D eigenvalue weighted by molar-refractivity contribution is 0.461. The summed E-state index contributed by atoms with van der Waals surface area (Å²) in [5.74, 6) is 0.881. The molecule has 0 bridgehead atoms. The van der Waals surface area contributed by atoms with Gasteiger partial charge in [0.2, 0.25) is 0 Å². The number of hydrogen-bond acceptors (Lipinski definition) is 3. The lowest BCUT2D eigenvalue weighted by Gasteiger charge is -2.22. The van der Waals surface area contributed by atoms with E-state index in [0.717, 1.165) is 34.2 Å². The minimum atomic E-state index is 0. The van der Waals surface area contributed by atoms with Gasteiger partial charge in [0.25, 0.3) is 0 Å². The molecule has 25 heavy (non-hydrogen) atoms. The molecule has 1 N–H and O–H groups in total. The van der Waals surface area contributed by atoms with Crippen LogP contribution in [0.25, 0.3) is 4.96 Å². The van der Waals surface area contributed by atoms with Gasteiger partial charge < -0.3 is 14.8 Å². The van der Waals surface area contributed by atoms with E-state index in [-0.39, 0.29) is 24.0 Å². The molecule has 0 saturated heterocycles. The van der Waals surface area contributed by atoms with Gasteiger partial charge >= 0.3 is 0 Å². The molecule has 0 unspecified atom stereocenters. The van der Waals surface area contributed by atoms with Crippen molar-refractivity contribution in [2.24, 2.45) is 12.0 Å². The normalized spacial score (nSPS) is 11.6. The second-order valence-corrected chi connectivity index (χ2v) is 7.40. The van der Waals surface area contributed by atoms with E-state index in [1.165, 1.54) is 5.69 Å². The third kappa shape index (κ3) is 4.98. The molecule has 0 spiro atoms. The fourth-order valence-electron chi connectivity index (χ4n) is 2.52. The van der Waals surface area contributed by atoms with Gasteiger partial charge in [-0.2, -0.15) is 0 Å². The summed E-state index contributed by atoms with van der Waals surface area (Å²) in [5, 5.41) is 5.38. The summed E-state index contributed by atoms with van der Waals surface area (Å²) in [4.78, 5) is 12.4. The maximum atomic E-state index is 4.73. The van der Waals surface area contributed by atoms with Crippen LogP contribution in [0.1, 0.15) is 18.3 Å². The van der Waals surface area contributed by atoms with Crippen molar-refractivity contribution < 1.29 is 0 Å².